The summed E-state index contributed by atoms with van der Waals surface area (Å²) >= 11 is 6.75. The van der Waals surface area contributed by atoms with Gasteiger partial charge in [0, 0.05) is 20.1 Å². The van der Waals surface area contributed by atoms with E-state index in [-0.39, 0.29) is 39.3 Å². The van der Waals surface area contributed by atoms with E-state index >= 15 is 0 Å². The second-order valence-electron chi connectivity index (χ2n) is 6.63. The summed E-state index contributed by atoms with van der Waals surface area (Å²) in [6.45, 7) is 0. The maximum absolute atomic E-state index is 13.4. The molecule has 140 valence electrons. The van der Waals surface area contributed by atoms with E-state index in [2.05, 4.69) is 31.9 Å². The minimum atomic E-state index is -0.532. The summed E-state index contributed by atoms with van der Waals surface area (Å²) in [6.07, 6.45) is 0. The number of fused-ring (bicyclic) bond motifs is 3. The Balaban J connectivity index is 1.82. The lowest BCUT2D eigenvalue weighted by atomic mass is 9.83. The minimum Gasteiger partial charge on any atom is -0.289 e. The monoisotopic (exact) mass is 509 g/mol. The average Bonchev–Trinajstić information content (AvgIpc) is 2.97. The van der Waals surface area contributed by atoms with Crippen molar-refractivity contribution in [2.75, 3.05) is 4.90 Å². The smallest absolute Gasteiger partial charge is 0.266 e. The summed E-state index contributed by atoms with van der Waals surface area (Å²) in [4.78, 5) is 53.6. The number of hydrogen-bond acceptors (Lipinski definition) is 4. The Morgan fingerprint density at radius 2 is 1.03 bits per heavy atom. The molecule has 0 saturated carbocycles. The van der Waals surface area contributed by atoms with Crippen molar-refractivity contribution in [1.29, 1.82) is 0 Å². The summed E-state index contributed by atoms with van der Waals surface area (Å²) < 4.78 is 0.769. The molecule has 0 spiro atoms. The SMILES string of the molecule is O=C1c2ccccc2C(=O)c2c1c(Br)cc(Br)c2N1C(=O)c2ccccc2C1=O. The fraction of sp³-hybridized carbons (Fsp3) is 0. The Hall–Kier alpha value is -2.90. The first-order valence-corrected chi connectivity index (χ1v) is 10.2. The van der Waals surface area contributed by atoms with Crippen molar-refractivity contribution in [3.8, 4) is 0 Å². The van der Waals surface area contributed by atoms with Crippen LogP contribution in [0.25, 0.3) is 0 Å². The number of carbonyl (C=O) groups is 4. The summed E-state index contributed by atoms with van der Waals surface area (Å²) in [6, 6.07) is 14.6. The highest BCUT2D eigenvalue weighted by Gasteiger charge is 2.43. The van der Waals surface area contributed by atoms with Crippen molar-refractivity contribution in [3.63, 3.8) is 0 Å². The van der Waals surface area contributed by atoms with Gasteiger partial charge in [-0.3, -0.25) is 19.2 Å². The summed E-state index contributed by atoms with van der Waals surface area (Å²) in [5.74, 6) is -1.82. The molecule has 3 aromatic rings. The van der Waals surface area contributed by atoms with Crippen LogP contribution in [0.15, 0.2) is 63.5 Å². The lowest BCUT2D eigenvalue weighted by Crippen LogP contribution is -2.33. The number of nitrogens with zero attached hydrogens (tertiary/aromatic N) is 1. The highest BCUT2D eigenvalue weighted by Crippen LogP contribution is 2.44. The number of hydrogen-bond donors (Lipinski definition) is 0. The Bertz CT molecular complexity index is 1280. The van der Waals surface area contributed by atoms with Crippen molar-refractivity contribution in [2.45, 2.75) is 0 Å². The second-order valence-corrected chi connectivity index (χ2v) is 8.34. The fourth-order valence-corrected chi connectivity index (χ4v) is 5.33. The molecule has 29 heavy (non-hydrogen) atoms. The van der Waals surface area contributed by atoms with Crippen LogP contribution in [-0.4, -0.2) is 23.4 Å². The van der Waals surface area contributed by atoms with Crippen molar-refractivity contribution in [2.24, 2.45) is 0 Å². The Morgan fingerprint density at radius 3 is 1.55 bits per heavy atom. The van der Waals surface area contributed by atoms with Crippen LogP contribution in [0.4, 0.5) is 5.69 Å². The molecule has 2 amide bonds. The van der Waals surface area contributed by atoms with E-state index < -0.39 is 17.6 Å². The fourth-order valence-electron chi connectivity index (χ4n) is 3.81. The van der Waals surface area contributed by atoms with Gasteiger partial charge in [-0.2, -0.15) is 0 Å². The van der Waals surface area contributed by atoms with Gasteiger partial charge in [-0.25, -0.2) is 4.90 Å². The first-order chi connectivity index (χ1) is 13.9. The number of rotatable bonds is 1. The summed E-state index contributed by atoms with van der Waals surface area (Å²) in [7, 11) is 0. The molecule has 1 aliphatic heterocycles. The predicted molar refractivity (Wildman–Crippen MR) is 113 cm³/mol. The average molecular weight is 511 g/mol. The minimum absolute atomic E-state index is 0.0319. The zero-order chi connectivity index (χ0) is 20.4. The van der Waals surface area contributed by atoms with E-state index in [1.165, 1.54) is 0 Å². The van der Waals surface area contributed by atoms with Crippen LogP contribution in [0, 0.1) is 0 Å². The number of imide groups is 1. The Morgan fingerprint density at radius 1 is 0.586 bits per heavy atom. The molecule has 5 nitrogen and oxygen atoms in total. The van der Waals surface area contributed by atoms with Crippen LogP contribution in [0.2, 0.25) is 0 Å². The Kier molecular flexibility index (Phi) is 3.94. The van der Waals surface area contributed by atoms with Gasteiger partial charge in [-0.15, -0.1) is 0 Å². The number of anilines is 1. The molecule has 1 aliphatic carbocycles. The predicted octanol–water partition coefficient (Wildman–Crippen LogP) is 4.79. The molecule has 7 heteroatoms. The van der Waals surface area contributed by atoms with Crippen LogP contribution < -0.4 is 4.90 Å². The molecule has 0 N–H and O–H groups in total. The lowest BCUT2D eigenvalue weighted by molar-refractivity contribution is 0.0923. The van der Waals surface area contributed by atoms with E-state index in [4.69, 9.17) is 0 Å². The molecule has 5 rings (SSSR count). The molecule has 0 radical (unpaired) electrons. The molecule has 0 bridgehead atoms. The van der Waals surface area contributed by atoms with Crippen LogP contribution in [-0.2, 0) is 0 Å². The summed E-state index contributed by atoms with van der Waals surface area (Å²) in [5, 5.41) is 0. The zero-order valence-electron chi connectivity index (χ0n) is 14.5. The van der Waals surface area contributed by atoms with Crippen molar-refractivity contribution in [3.05, 3.63) is 96.9 Å². The van der Waals surface area contributed by atoms with Crippen LogP contribution in [0.5, 0.6) is 0 Å². The molecular formula is C22H9Br2NO4. The first kappa shape index (κ1) is 18.1. The number of carbonyl (C=O) groups excluding carboxylic acids is 4. The zero-order valence-corrected chi connectivity index (χ0v) is 17.7. The van der Waals surface area contributed by atoms with Crippen molar-refractivity contribution < 1.29 is 19.2 Å². The van der Waals surface area contributed by atoms with Crippen molar-refractivity contribution >= 4 is 60.9 Å². The second kappa shape index (κ2) is 6.30. The van der Waals surface area contributed by atoms with E-state index in [1.807, 2.05) is 0 Å². The van der Waals surface area contributed by atoms with Crippen LogP contribution >= 0.6 is 31.9 Å². The van der Waals surface area contributed by atoms with E-state index in [9.17, 15) is 19.2 Å². The van der Waals surface area contributed by atoms with Gasteiger partial charge in [-0.05, 0) is 50.1 Å². The first-order valence-electron chi connectivity index (χ1n) is 8.60. The normalized spacial score (nSPS) is 14.8. The molecule has 0 unspecified atom stereocenters. The third-order valence-corrected chi connectivity index (χ3v) is 6.32. The maximum Gasteiger partial charge on any atom is 0.266 e. The maximum atomic E-state index is 13.4. The van der Waals surface area contributed by atoms with E-state index in [0.717, 1.165) is 4.90 Å². The van der Waals surface area contributed by atoms with Gasteiger partial charge in [0.05, 0.1) is 27.9 Å². The quantitative estimate of drug-likeness (QED) is 0.345. The largest absolute Gasteiger partial charge is 0.289 e. The molecule has 0 aromatic heterocycles. The molecule has 0 atom stereocenters. The van der Waals surface area contributed by atoms with Gasteiger partial charge in [-0.1, -0.05) is 36.4 Å². The third kappa shape index (κ3) is 2.37. The highest BCUT2D eigenvalue weighted by molar-refractivity contribution is 9.11. The molecule has 0 saturated heterocycles. The number of benzene rings is 3. The summed E-state index contributed by atoms with van der Waals surface area (Å²) in [5.41, 5.74) is 1.32. The molecular weight excluding hydrogens is 502 g/mol. The highest BCUT2D eigenvalue weighted by atomic mass is 79.9. The van der Waals surface area contributed by atoms with Gasteiger partial charge >= 0.3 is 0 Å². The molecule has 3 aromatic carbocycles. The van der Waals surface area contributed by atoms with Crippen molar-refractivity contribution in [1.82, 2.24) is 0 Å². The van der Waals surface area contributed by atoms with Gasteiger partial charge < -0.3 is 0 Å². The molecule has 2 aliphatic rings. The van der Waals surface area contributed by atoms with Crippen LogP contribution in [0.1, 0.15) is 52.6 Å². The standard InChI is InChI=1S/C22H9Br2NO4/c23-14-9-15(24)18(25-21(28)12-7-3-4-8-13(12)22(25)29)17-16(14)19(26)10-5-1-2-6-11(10)20(17)27/h1-9H. The van der Waals surface area contributed by atoms with Crippen LogP contribution in [0.3, 0.4) is 0 Å². The lowest BCUT2D eigenvalue weighted by Gasteiger charge is -2.26. The third-order valence-electron chi connectivity index (χ3n) is 5.09. The number of ketones is 2. The molecule has 1 heterocycles. The topological polar surface area (TPSA) is 71.5 Å². The van der Waals surface area contributed by atoms with Gasteiger partial charge in [0.15, 0.2) is 11.6 Å². The van der Waals surface area contributed by atoms with E-state index in [0.29, 0.717) is 14.5 Å². The van der Waals surface area contributed by atoms with Gasteiger partial charge in [0.1, 0.15) is 0 Å². The molecule has 0 fully saturated rings. The van der Waals surface area contributed by atoms with Gasteiger partial charge in [0.2, 0.25) is 0 Å². The number of amides is 2. The number of halogens is 2. The van der Waals surface area contributed by atoms with Gasteiger partial charge in [0.25, 0.3) is 11.8 Å². The Labute approximate surface area is 181 Å². The van der Waals surface area contributed by atoms with E-state index in [1.54, 1.807) is 54.6 Å².